The average molecular weight is 503 g/mol. The van der Waals surface area contributed by atoms with Gasteiger partial charge in [0.2, 0.25) is 0 Å². The van der Waals surface area contributed by atoms with Gasteiger partial charge in [0.15, 0.2) is 0 Å². The minimum absolute atomic E-state index is 0.203. The fourth-order valence-electron chi connectivity index (χ4n) is 2.23. The number of amides is 1. The summed E-state index contributed by atoms with van der Waals surface area (Å²) in [6.45, 7) is 0. The summed E-state index contributed by atoms with van der Waals surface area (Å²) in [5, 5.41) is 2.66. The Morgan fingerprint density at radius 1 is 1.12 bits per heavy atom. The zero-order valence-electron chi connectivity index (χ0n) is 13.9. The highest BCUT2D eigenvalue weighted by Gasteiger charge is 2.23. The quantitative estimate of drug-likeness (QED) is 0.586. The van der Waals surface area contributed by atoms with E-state index in [1.54, 1.807) is 42.5 Å². The van der Waals surface area contributed by atoms with Crippen molar-refractivity contribution in [2.45, 2.75) is 17.4 Å². The summed E-state index contributed by atoms with van der Waals surface area (Å²) in [4.78, 5) is 25.1. The first-order valence-electron chi connectivity index (χ1n) is 7.69. The molecule has 0 aliphatic heterocycles. The first-order valence-corrected chi connectivity index (χ1v) is 10.6. The molecule has 2 aromatic rings. The van der Waals surface area contributed by atoms with E-state index in [-0.39, 0.29) is 12.2 Å². The van der Waals surface area contributed by atoms with Gasteiger partial charge in [0.1, 0.15) is 6.04 Å². The highest BCUT2D eigenvalue weighted by Crippen LogP contribution is 2.20. The van der Waals surface area contributed by atoms with Crippen LogP contribution >= 0.6 is 31.9 Å². The van der Waals surface area contributed by atoms with Crippen molar-refractivity contribution in [3.63, 3.8) is 0 Å². The van der Waals surface area contributed by atoms with Crippen LogP contribution in [0.3, 0.4) is 0 Å². The molecule has 0 aliphatic rings. The SMILES string of the molecule is COC(=O)[C@H](CC[S@@](=O)c1ccccc1)NC(=O)c1cc(Br)cc(Br)c1. The Bertz CT molecular complexity index is 794. The molecule has 0 radical (unpaired) electrons. The van der Waals surface area contributed by atoms with Crippen LogP contribution in [0.2, 0.25) is 0 Å². The summed E-state index contributed by atoms with van der Waals surface area (Å²) in [5.74, 6) is -0.753. The van der Waals surface area contributed by atoms with Gasteiger partial charge in [-0.25, -0.2) is 4.79 Å². The van der Waals surface area contributed by atoms with Gasteiger partial charge >= 0.3 is 5.97 Å². The lowest BCUT2D eigenvalue weighted by Crippen LogP contribution is -2.42. The number of carbonyl (C=O) groups is 2. The third-order valence-electron chi connectivity index (χ3n) is 3.51. The van der Waals surface area contributed by atoms with Crippen LogP contribution < -0.4 is 5.32 Å². The lowest BCUT2D eigenvalue weighted by atomic mass is 10.1. The van der Waals surface area contributed by atoms with Crippen LogP contribution in [-0.4, -0.2) is 35.0 Å². The molecular weight excluding hydrogens is 486 g/mol. The van der Waals surface area contributed by atoms with E-state index in [4.69, 9.17) is 4.74 Å². The number of hydrogen-bond donors (Lipinski definition) is 1. The van der Waals surface area contributed by atoms with Crippen molar-refractivity contribution >= 4 is 54.5 Å². The topological polar surface area (TPSA) is 72.5 Å². The molecule has 5 nitrogen and oxygen atoms in total. The van der Waals surface area contributed by atoms with E-state index in [1.807, 2.05) is 6.07 Å². The number of methoxy groups -OCH3 is 1. The summed E-state index contributed by atoms with van der Waals surface area (Å²) in [6.07, 6.45) is 0.203. The Balaban J connectivity index is 2.06. The van der Waals surface area contributed by atoms with Gasteiger partial charge in [0.05, 0.1) is 17.9 Å². The molecule has 2 atom stereocenters. The standard InChI is InChI=1S/C18H17Br2NO4S/c1-25-18(23)16(7-8-26(24)15-5-3-2-4-6-15)21-17(22)12-9-13(19)11-14(20)10-12/h2-6,9-11,16H,7-8H2,1H3,(H,21,22)/t16-,26+/m0/s1. The Hall–Kier alpha value is -1.51. The highest BCUT2D eigenvalue weighted by molar-refractivity contribution is 9.11. The van der Waals surface area contributed by atoms with Gasteiger partial charge < -0.3 is 10.1 Å². The number of benzene rings is 2. The van der Waals surface area contributed by atoms with E-state index in [0.29, 0.717) is 10.5 Å². The summed E-state index contributed by atoms with van der Waals surface area (Å²) in [7, 11) is -0.00793. The van der Waals surface area contributed by atoms with E-state index >= 15 is 0 Å². The Labute approximate surface area is 171 Å². The van der Waals surface area contributed by atoms with Crippen molar-refractivity contribution < 1.29 is 18.5 Å². The molecule has 0 bridgehead atoms. The number of esters is 1. The third-order valence-corrected chi connectivity index (χ3v) is 5.83. The van der Waals surface area contributed by atoms with Crippen molar-refractivity contribution in [3.8, 4) is 0 Å². The first kappa shape index (κ1) is 20.8. The molecule has 0 aromatic heterocycles. The molecule has 138 valence electrons. The maximum absolute atomic E-state index is 12.5. The molecule has 0 spiro atoms. The predicted octanol–water partition coefficient (Wildman–Crippen LogP) is 3.68. The van der Waals surface area contributed by atoms with E-state index in [1.165, 1.54) is 7.11 Å². The monoisotopic (exact) mass is 501 g/mol. The summed E-state index contributed by atoms with van der Waals surface area (Å²) in [6, 6.07) is 13.2. The minimum Gasteiger partial charge on any atom is -0.467 e. The second kappa shape index (κ2) is 9.99. The van der Waals surface area contributed by atoms with Gasteiger partial charge in [-0.1, -0.05) is 50.1 Å². The van der Waals surface area contributed by atoms with Crippen molar-refractivity contribution in [2.24, 2.45) is 0 Å². The van der Waals surface area contributed by atoms with E-state index in [2.05, 4.69) is 37.2 Å². The first-order chi connectivity index (χ1) is 12.4. The number of hydrogen-bond acceptors (Lipinski definition) is 4. The minimum atomic E-state index is -1.26. The van der Waals surface area contributed by atoms with Crippen LogP contribution in [0.5, 0.6) is 0 Å². The number of rotatable bonds is 7. The fraction of sp³-hybridized carbons (Fsp3) is 0.222. The number of nitrogens with one attached hydrogen (secondary N) is 1. The molecule has 0 fully saturated rings. The molecule has 0 saturated carbocycles. The van der Waals surface area contributed by atoms with E-state index < -0.39 is 28.7 Å². The number of ether oxygens (including phenoxy) is 1. The maximum Gasteiger partial charge on any atom is 0.328 e. The van der Waals surface area contributed by atoms with Crippen molar-refractivity contribution in [1.29, 1.82) is 0 Å². The van der Waals surface area contributed by atoms with Crippen molar-refractivity contribution in [3.05, 3.63) is 63.0 Å². The van der Waals surface area contributed by atoms with Crippen LogP contribution in [0, 0.1) is 0 Å². The van der Waals surface area contributed by atoms with Gasteiger partial charge in [-0.3, -0.25) is 9.00 Å². The zero-order valence-corrected chi connectivity index (χ0v) is 17.9. The molecule has 2 rings (SSSR count). The predicted molar refractivity (Wildman–Crippen MR) is 107 cm³/mol. The second-order valence-electron chi connectivity index (χ2n) is 5.36. The summed E-state index contributed by atoms with van der Waals surface area (Å²) in [5.41, 5.74) is 0.393. The van der Waals surface area contributed by atoms with Gasteiger partial charge in [0, 0.05) is 25.2 Å². The molecular formula is C18H17Br2NO4S. The van der Waals surface area contributed by atoms with Crippen LogP contribution in [0.4, 0.5) is 0 Å². The maximum atomic E-state index is 12.5. The normalized spacial score (nSPS) is 12.9. The van der Waals surface area contributed by atoms with Gasteiger partial charge in [-0.2, -0.15) is 0 Å². The molecule has 0 aliphatic carbocycles. The molecule has 2 aromatic carbocycles. The lowest BCUT2D eigenvalue weighted by Gasteiger charge is -2.16. The second-order valence-corrected chi connectivity index (χ2v) is 8.76. The molecule has 0 unspecified atom stereocenters. The fourth-order valence-corrected chi connectivity index (χ4v) is 4.67. The Kier molecular flexibility index (Phi) is 7.99. The van der Waals surface area contributed by atoms with Gasteiger partial charge in [-0.05, 0) is 36.8 Å². The largest absolute Gasteiger partial charge is 0.467 e. The smallest absolute Gasteiger partial charge is 0.328 e. The Morgan fingerprint density at radius 2 is 1.73 bits per heavy atom. The number of halogens is 2. The average Bonchev–Trinajstić information content (AvgIpc) is 2.63. The summed E-state index contributed by atoms with van der Waals surface area (Å²) < 4.78 is 18.6. The van der Waals surface area contributed by atoms with Gasteiger partial charge in [-0.15, -0.1) is 0 Å². The van der Waals surface area contributed by atoms with E-state index in [0.717, 1.165) is 8.95 Å². The third kappa shape index (κ3) is 6.03. The van der Waals surface area contributed by atoms with Crippen LogP contribution in [0.1, 0.15) is 16.8 Å². The van der Waals surface area contributed by atoms with Crippen LogP contribution in [0.25, 0.3) is 0 Å². The molecule has 0 heterocycles. The van der Waals surface area contributed by atoms with Crippen molar-refractivity contribution in [2.75, 3.05) is 12.9 Å². The number of carbonyl (C=O) groups excluding carboxylic acids is 2. The van der Waals surface area contributed by atoms with Crippen LogP contribution in [0.15, 0.2) is 62.4 Å². The van der Waals surface area contributed by atoms with Gasteiger partial charge in [0.25, 0.3) is 5.91 Å². The van der Waals surface area contributed by atoms with Crippen molar-refractivity contribution in [1.82, 2.24) is 5.32 Å². The molecule has 1 N–H and O–H groups in total. The lowest BCUT2D eigenvalue weighted by molar-refractivity contribution is -0.142. The molecule has 0 saturated heterocycles. The summed E-state index contributed by atoms with van der Waals surface area (Å²) >= 11 is 6.65. The highest BCUT2D eigenvalue weighted by atomic mass is 79.9. The van der Waals surface area contributed by atoms with E-state index in [9.17, 15) is 13.8 Å². The molecule has 1 amide bonds. The zero-order chi connectivity index (χ0) is 19.1. The Morgan fingerprint density at radius 3 is 2.31 bits per heavy atom. The molecule has 8 heteroatoms. The van der Waals surface area contributed by atoms with Crippen LogP contribution in [-0.2, 0) is 20.3 Å². The molecule has 26 heavy (non-hydrogen) atoms.